The van der Waals surface area contributed by atoms with Crippen molar-refractivity contribution in [1.29, 1.82) is 0 Å². The molecule has 0 unspecified atom stereocenters. The Morgan fingerprint density at radius 2 is 1.93 bits per heavy atom. The number of fused-ring (bicyclic) bond motifs is 1. The predicted molar refractivity (Wildman–Crippen MR) is 109 cm³/mol. The molecule has 0 aliphatic rings. The van der Waals surface area contributed by atoms with Crippen LogP contribution in [0.15, 0.2) is 70.9 Å². The quantitative estimate of drug-likeness (QED) is 0.393. The molecule has 0 N–H and O–H groups in total. The van der Waals surface area contributed by atoms with E-state index in [4.69, 9.17) is 0 Å². The van der Waals surface area contributed by atoms with Crippen LogP contribution in [0.25, 0.3) is 10.9 Å². The molecule has 0 saturated carbocycles. The van der Waals surface area contributed by atoms with Crippen molar-refractivity contribution in [3.63, 3.8) is 0 Å². The summed E-state index contributed by atoms with van der Waals surface area (Å²) in [6.07, 6.45) is 3.80. The second-order valence-corrected chi connectivity index (χ2v) is 7.47. The van der Waals surface area contributed by atoms with Gasteiger partial charge in [-0.25, -0.2) is 9.97 Å². The van der Waals surface area contributed by atoms with Crippen LogP contribution in [-0.2, 0) is 19.3 Å². The first-order valence-electron chi connectivity index (χ1n) is 8.76. The van der Waals surface area contributed by atoms with Gasteiger partial charge in [0.15, 0.2) is 5.16 Å². The van der Waals surface area contributed by atoms with Crippen molar-refractivity contribution in [1.82, 2.24) is 19.1 Å². The molecule has 2 heterocycles. The fourth-order valence-corrected chi connectivity index (χ4v) is 3.96. The summed E-state index contributed by atoms with van der Waals surface area (Å²) in [5, 5.41) is 1.36. The standard InChI is InChI=1S/C21H20N4OS/c1-15-8-9-18-17(12-15)20(26)24(2)21(23-18)27-14-19-22-10-11-25(19)13-16-6-4-3-5-7-16/h3-12H,13-14H2,1-2H3. The highest BCUT2D eigenvalue weighted by molar-refractivity contribution is 7.98. The van der Waals surface area contributed by atoms with Crippen molar-refractivity contribution in [2.45, 2.75) is 24.4 Å². The van der Waals surface area contributed by atoms with Crippen LogP contribution in [-0.4, -0.2) is 19.1 Å². The Labute approximate surface area is 161 Å². The highest BCUT2D eigenvalue weighted by Gasteiger charge is 2.11. The largest absolute Gasteiger partial charge is 0.330 e. The Balaban J connectivity index is 1.58. The van der Waals surface area contributed by atoms with Gasteiger partial charge in [0.2, 0.25) is 0 Å². The Kier molecular flexibility index (Phi) is 4.81. The summed E-state index contributed by atoms with van der Waals surface area (Å²) in [6.45, 7) is 2.76. The molecule has 27 heavy (non-hydrogen) atoms. The van der Waals surface area contributed by atoms with Crippen molar-refractivity contribution < 1.29 is 0 Å². The molecule has 0 amide bonds. The zero-order valence-corrected chi connectivity index (χ0v) is 16.1. The molecule has 0 saturated heterocycles. The summed E-state index contributed by atoms with van der Waals surface area (Å²) in [5.74, 6) is 1.61. The SMILES string of the molecule is Cc1ccc2nc(SCc3nccn3Cc3ccccc3)n(C)c(=O)c2c1. The maximum atomic E-state index is 12.7. The topological polar surface area (TPSA) is 52.7 Å². The normalized spacial score (nSPS) is 11.2. The number of thioether (sulfide) groups is 1. The van der Waals surface area contributed by atoms with Crippen LogP contribution < -0.4 is 5.56 Å². The molecule has 0 atom stereocenters. The maximum Gasteiger partial charge on any atom is 0.261 e. The molecular weight excluding hydrogens is 356 g/mol. The van der Waals surface area contributed by atoms with Crippen LogP contribution in [0, 0.1) is 6.92 Å². The third-order valence-corrected chi connectivity index (χ3v) is 5.54. The molecule has 0 spiro atoms. The van der Waals surface area contributed by atoms with Gasteiger partial charge in [-0.3, -0.25) is 9.36 Å². The summed E-state index contributed by atoms with van der Waals surface area (Å²) < 4.78 is 3.75. The molecule has 0 radical (unpaired) electrons. The number of aromatic nitrogens is 4. The van der Waals surface area contributed by atoms with Gasteiger partial charge in [-0.1, -0.05) is 53.7 Å². The Bertz CT molecular complexity index is 1150. The van der Waals surface area contributed by atoms with Crippen molar-refractivity contribution in [2.24, 2.45) is 7.05 Å². The van der Waals surface area contributed by atoms with Gasteiger partial charge in [0.1, 0.15) is 5.82 Å². The smallest absolute Gasteiger partial charge is 0.261 e. The van der Waals surface area contributed by atoms with Gasteiger partial charge in [0, 0.05) is 26.0 Å². The highest BCUT2D eigenvalue weighted by Crippen LogP contribution is 2.21. The summed E-state index contributed by atoms with van der Waals surface area (Å²) in [4.78, 5) is 21.8. The van der Waals surface area contributed by atoms with Crippen molar-refractivity contribution in [3.8, 4) is 0 Å². The number of aryl methyl sites for hydroxylation is 1. The molecule has 136 valence electrons. The molecule has 4 rings (SSSR count). The third-order valence-electron chi connectivity index (χ3n) is 4.52. The Morgan fingerprint density at radius 1 is 1.11 bits per heavy atom. The third kappa shape index (κ3) is 3.66. The molecule has 4 aromatic rings. The number of nitrogens with zero attached hydrogens (tertiary/aromatic N) is 4. The molecule has 0 bridgehead atoms. The summed E-state index contributed by atoms with van der Waals surface area (Å²) in [6, 6.07) is 16.1. The number of hydrogen-bond acceptors (Lipinski definition) is 4. The van der Waals surface area contributed by atoms with Crippen LogP contribution in [0.4, 0.5) is 0 Å². The van der Waals surface area contributed by atoms with E-state index in [-0.39, 0.29) is 5.56 Å². The first kappa shape index (κ1) is 17.5. The van der Waals surface area contributed by atoms with Gasteiger partial charge in [-0.2, -0.15) is 0 Å². The van der Waals surface area contributed by atoms with Gasteiger partial charge < -0.3 is 4.57 Å². The first-order valence-corrected chi connectivity index (χ1v) is 9.74. The van der Waals surface area contributed by atoms with Crippen LogP contribution in [0.3, 0.4) is 0 Å². The lowest BCUT2D eigenvalue weighted by atomic mass is 10.2. The minimum atomic E-state index is -0.0150. The molecular formula is C21H20N4OS. The van der Waals surface area contributed by atoms with Crippen LogP contribution in [0.2, 0.25) is 0 Å². The predicted octanol–water partition coefficient (Wildman–Crippen LogP) is 3.78. The second-order valence-electron chi connectivity index (χ2n) is 6.52. The fraction of sp³-hybridized carbons (Fsp3) is 0.190. The summed E-state index contributed by atoms with van der Waals surface area (Å²) in [5.41, 5.74) is 3.01. The average Bonchev–Trinajstić information content (AvgIpc) is 3.12. The van der Waals surface area contributed by atoms with Crippen molar-refractivity contribution >= 4 is 22.7 Å². The molecule has 6 heteroatoms. The molecule has 5 nitrogen and oxygen atoms in total. The van der Waals surface area contributed by atoms with E-state index in [0.29, 0.717) is 16.3 Å². The number of hydrogen-bond donors (Lipinski definition) is 0. The molecule has 0 fully saturated rings. The number of imidazole rings is 1. The van der Waals surface area contributed by atoms with Crippen LogP contribution >= 0.6 is 11.8 Å². The van der Waals surface area contributed by atoms with E-state index in [1.54, 1.807) is 11.6 Å². The fourth-order valence-electron chi connectivity index (χ4n) is 3.03. The van der Waals surface area contributed by atoms with E-state index < -0.39 is 0 Å². The van der Waals surface area contributed by atoms with Gasteiger partial charge in [-0.05, 0) is 24.6 Å². The van der Waals surface area contributed by atoms with Crippen molar-refractivity contribution in [2.75, 3.05) is 0 Å². The van der Waals surface area contributed by atoms with E-state index in [1.807, 2.05) is 55.7 Å². The number of rotatable bonds is 5. The van der Waals surface area contributed by atoms with E-state index >= 15 is 0 Å². The van der Waals surface area contributed by atoms with Crippen LogP contribution in [0.5, 0.6) is 0 Å². The Hall–Kier alpha value is -2.86. The monoisotopic (exact) mass is 376 g/mol. The lowest BCUT2D eigenvalue weighted by Gasteiger charge is -2.10. The van der Waals surface area contributed by atoms with Gasteiger partial charge in [0.25, 0.3) is 5.56 Å². The summed E-state index contributed by atoms with van der Waals surface area (Å²) in [7, 11) is 1.77. The highest BCUT2D eigenvalue weighted by atomic mass is 32.2. The number of benzene rings is 2. The second kappa shape index (κ2) is 7.40. The summed E-state index contributed by atoms with van der Waals surface area (Å²) >= 11 is 1.53. The molecule has 2 aromatic carbocycles. The van der Waals surface area contributed by atoms with Gasteiger partial charge in [-0.15, -0.1) is 0 Å². The van der Waals surface area contributed by atoms with Crippen molar-refractivity contribution in [3.05, 3.63) is 88.2 Å². The molecule has 0 aliphatic heterocycles. The van der Waals surface area contributed by atoms with E-state index in [1.165, 1.54) is 17.3 Å². The average molecular weight is 376 g/mol. The molecule has 2 aromatic heterocycles. The van der Waals surface area contributed by atoms with E-state index in [9.17, 15) is 4.79 Å². The zero-order chi connectivity index (χ0) is 18.8. The maximum absolute atomic E-state index is 12.7. The van der Waals surface area contributed by atoms with E-state index in [2.05, 4.69) is 26.7 Å². The first-order chi connectivity index (χ1) is 13.1. The zero-order valence-electron chi connectivity index (χ0n) is 15.3. The van der Waals surface area contributed by atoms with Crippen LogP contribution in [0.1, 0.15) is 17.0 Å². The van der Waals surface area contributed by atoms with Gasteiger partial charge in [0.05, 0.1) is 16.7 Å². The minimum Gasteiger partial charge on any atom is -0.330 e. The van der Waals surface area contributed by atoms with E-state index in [0.717, 1.165) is 23.4 Å². The minimum absolute atomic E-state index is 0.0150. The lowest BCUT2D eigenvalue weighted by molar-refractivity contribution is 0.721. The lowest BCUT2D eigenvalue weighted by Crippen LogP contribution is -2.20. The Morgan fingerprint density at radius 3 is 2.74 bits per heavy atom. The molecule has 0 aliphatic carbocycles. The van der Waals surface area contributed by atoms with Gasteiger partial charge >= 0.3 is 0 Å².